The smallest absolute Gasteiger partial charge is 0.469 e. The maximum absolute atomic E-state index is 10.6. The highest BCUT2D eigenvalue weighted by atomic mass is 31.2. The van der Waals surface area contributed by atoms with Gasteiger partial charge in [-0.3, -0.25) is 4.52 Å². The minimum Gasteiger partial charge on any atom is -0.494 e. The van der Waals surface area contributed by atoms with Crippen molar-refractivity contribution in [2.75, 3.05) is 19.8 Å². The van der Waals surface area contributed by atoms with Gasteiger partial charge in [0.15, 0.2) is 0 Å². The number of para-hydroxylation sites is 1. The Morgan fingerprint density at radius 3 is 2.36 bits per heavy atom. The van der Waals surface area contributed by atoms with Crippen LogP contribution in [0.25, 0.3) is 0 Å². The van der Waals surface area contributed by atoms with E-state index in [2.05, 4.69) is 4.52 Å². The number of rotatable bonds is 7. The zero-order chi connectivity index (χ0) is 16.0. The van der Waals surface area contributed by atoms with E-state index in [0.717, 1.165) is 12.4 Å². The van der Waals surface area contributed by atoms with Crippen LogP contribution < -0.4 is 4.74 Å². The molecule has 1 aromatic carbocycles. The number of ether oxygens (including phenoxy) is 3. The van der Waals surface area contributed by atoms with Crippen molar-refractivity contribution in [1.82, 2.24) is 0 Å². The molecule has 124 valence electrons. The van der Waals surface area contributed by atoms with Crippen molar-refractivity contribution in [3.63, 3.8) is 0 Å². The third-order valence-electron chi connectivity index (χ3n) is 3.00. The van der Waals surface area contributed by atoms with Crippen molar-refractivity contribution in [3.05, 3.63) is 30.3 Å². The fraction of sp³-hybridized carbons (Fsp3) is 0.571. The minimum absolute atomic E-state index is 0.0840. The molecule has 0 aliphatic carbocycles. The summed E-state index contributed by atoms with van der Waals surface area (Å²) < 4.78 is 30.2. The van der Waals surface area contributed by atoms with Crippen molar-refractivity contribution in [1.29, 1.82) is 0 Å². The summed E-state index contributed by atoms with van der Waals surface area (Å²) >= 11 is 0. The largest absolute Gasteiger partial charge is 0.494 e. The van der Waals surface area contributed by atoms with Crippen molar-refractivity contribution < 1.29 is 33.1 Å². The Hall–Kier alpha value is -0.950. The standard InChI is InChI=1S/C8H10O.C6H11O6P/c1-2-9-8-6-4-3-5-7-8;7-13(8,9)12-5(6-3-11-6)1-4-2-10-4/h3-7H,2H2,1H3;4-6H,1-3H2,(H2,7,8,9). The van der Waals surface area contributed by atoms with Gasteiger partial charge in [0.25, 0.3) is 0 Å². The van der Waals surface area contributed by atoms with Crippen LogP contribution in [0.1, 0.15) is 13.3 Å². The molecule has 3 unspecified atom stereocenters. The third-order valence-corrected chi connectivity index (χ3v) is 3.54. The summed E-state index contributed by atoms with van der Waals surface area (Å²) in [7, 11) is -4.40. The molecular formula is C14H21O7P. The summed E-state index contributed by atoms with van der Waals surface area (Å²) in [4.78, 5) is 17.2. The first-order valence-corrected chi connectivity index (χ1v) is 8.66. The molecular weight excluding hydrogens is 311 g/mol. The fourth-order valence-electron chi connectivity index (χ4n) is 1.86. The van der Waals surface area contributed by atoms with Gasteiger partial charge in [-0.25, -0.2) is 4.57 Å². The molecule has 2 N–H and O–H groups in total. The topological polar surface area (TPSA) is 101 Å². The molecule has 3 atom stereocenters. The summed E-state index contributed by atoms with van der Waals surface area (Å²) in [5.41, 5.74) is 0. The highest BCUT2D eigenvalue weighted by molar-refractivity contribution is 7.46. The van der Waals surface area contributed by atoms with E-state index >= 15 is 0 Å². The first-order valence-electron chi connectivity index (χ1n) is 7.13. The van der Waals surface area contributed by atoms with Crippen molar-refractivity contribution in [2.24, 2.45) is 0 Å². The first-order chi connectivity index (χ1) is 10.5. The number of epoxide rings is 2. The molecule has 3 rings (SSSR count). The van der Waals surface area contributed by atoms with Crippen LogP contribution in [-0.4, -0.2) is 47.9 Å². The van der Waals surface area contributed by atoms with Crippen molar-refractivity contribution in [3.8, 4) is 5.75 Å². The van der Waals surface area contributed by atoms with Crippen LogP contribution >= 0.6 is 7.82 Å². The predicted molar refractivity (Wildman–Crippen MR) is 78.6 cm³/mol. The second-order valence-corrected chi connectivity index (χ2v) is 6.14. The van der Waals surface area contributed by atoms with E-state index in [4.69, 9.17) is 24.0 Å². The Bertz CT molecular complexity index is 481. The summed E-state index contributed by atoms with van der Waals surface area (Å²) in [6, 6.07) is 9.80. The predicted octanol–water partition coefficient (Wildman–Crippen LogP) is 1.74. The van der Waals surface area contributed by atoms with Crippen LogP contribution in [0.2, 0.25) is 0 Å². The molecule has 8 heteroatoms. The van der Waals surface area contributed by atoms with Gasteiger partial charge in [0.05, 0.1) is 25.9 Å². The van der Waals surface area contributed by atoms with E-state index in [-0.39, 0.29) is 12.2 Å². The number of phosphoric acid groups is 1. The van der Waals surface area contributed by atoms with E-state index < -0.39 is 13.9 Å². The quantitative estimate of drug-likeness (QED) is 0.579. The van der Waals surface area contributed by atoms with Crippen LogP contribution in [0.15, 0.2) is 30.3 Å². The van der Waals surface area contributed by atoms with Gasteiger partial charge in [-0.2, -0.15) is 0 Å². The average Bonchev–Trinajstić information content (AvgIpc) is 3.33. The Labute approximate surface area is 129 Å². The first kappa shape index (κ1) is 17.4. The monoisotopic (exact) mass is 332 g/mol. The summed E-state index contributed by atoms with van der Waals surface area (Å²) in [5, 5.41) is 0. The molecule has 0 amide bonds. The van der Waals surface area contributed by atoms with Gasteiger partial charge in [0.1, 0.15) is 18.0 Å². The van der Waals surface area contributed by atoms with E-state index in [1.165, 1.54) is 0 Å². The lowest BCUT2D eigenvalue weighted by molar-refractivity contribution is 0.0957. The lowest BCUT2D eigenvalue weighted by Gasteiger charge is -2.14. The van der Waals surface area contributed by atoms with Gasteiger partial charge < -0.3 is 24.0 Å². The number of hydrogen-bond acceptors (Lipinski definition) is 5. The Kier molecular flexibility index (Phi) is 6.37. The van der Waals surface area contributed by atoms with Gasteiger partial charge in [-0.15, -0.1) is 0 Å². The van der Waals surface area contributed by atoms with E-state index in [1.54, 1.807) is 0 Å². The SMILES string of the molecule is CCOc1ccccc1.O=P(O)(O)OC(CC1CO1)C1CO1. The van der Waals surface area contributed by atoms with Crippen LogP contribution in [-0.2, 0) is 18.6 Å². The molecule has 22 heavy (non-hydrogen) atoms. The maximum Gasteiger partial charge on any atom is 0.469 e. The second kappa shape index (κ2) is 8.06. The van der Waals surface area contributed by atoms with Crippen LogP contribution in [0, 0.1) is 0 Å². The summed E-state index contributed by atoms with van der Waals surface area (Å²) in [6.45, 7) is 3.88. The Balaban J connectivity index is 0.000000172. The Morgan fingerprint density at radius 1 is 1.27 bits per heavy atom. The summed E-state index contributed by atoms with van der Waals surface area (Å²) in [5.74, 6) is 0.944. The zero-order valence-electron chi connectivity index (χ0n) is 12.3. The summed E-state index contributed by atoms with van der Waals surface area (Å²) in [6.07, 6.45) is -0.124. The maximum atomic E-state index is 10.6. The minimum atomic E-state index is -4.40. The van der Waals surface area contributed by atoms with Crippen LogP contribution in [0.3, 0.4) is 0 Å². The molecule has 2 aliphatic heterocycles. The zero-order valence-corrected chi connectivity index (χ0v) is 13.2. The highest BCUT2D eigenvalue weighted by Gasteiger charge is 2.41. The molecule has 2 heterocycles. The van der Waals surface area contributed by atoms with E-state index in [1.807, 2.05) is 37.3 Å². The molecule has 7 nitrogen and oxygen atoms in total. The molecule has 2 fully saturated rings. The molecule has 0 saturated carbocycles. The molecule has 0 aromatic heterocycles. The molecule has 2 aliphatic rings. The van der Waals surface area contributed by atoms with Crippen LogP contribution in [0.4, 0.5) is 0 Å². The van der Waals surface area contributed by atoms with Gasteiger partial charge in [-0.05, 0) is 19.1 Å². The van der Waals surface area contributed by atoms with Crippen molar-refractivity contribution in [2.45, 2.75) is 31.7 Å². The van der Waals surface area contributed by atoms with Gasteiger partial charge in [0.2, 0.25) is 0 Å². The highest BCUT2D eigenvalue weighted by Crippen LogP contribution is 2.42. The number of benzene rings is 1. The third kappa shape index (κ3) is 7.35. The normalized spacial score (nSPS) is 24.0. The van der Waals surface area contributed by atoms with Gasteiger partial charge in [0, 0.05) is 6.42 Å². The van der Waals surface area contributed by atoms with Crippen molar-refractivity contribution >= 4 is 7.82 Å². The van der Waals surface area contributed by atoms with Gasteiger partial charge >= 0.3 is 7.82 Å². The van der Waals surface area contributed by atoms with Crippen LogP contribution in [0.5, 0.6) is 5.75 Å². The number of hydrogen-bond donors (Lipinski definition) is 2. The molecule has 0 radical (unpaired) electrons. The molecule has 2 saturated heterocycles. The van der Waals surface area contributed by atoms with E-state index in [9.17, 15) is 4.57 Å². The molecule has 1 aromatic rings. The number of phosphoric ester groups is 1. The fourth-order valence-corrected chi connectivity index (χ4v) is 2.43. The molecule has 0 spiro atoms. The second-order valence-electron chi connectivity index (χ2n) is 4.94. The Morgan fingerprint density at radius 2 is 1.91 bits per heavy atom. The van der Waals surface area contributed by atoms with Gasteiger partial charge in [-0.1, -0.05) is 18.2 Å². The lowest BCUT2D eigenvalue weighted by atomic mass is 10.1. The molecule has 0 bridgehead atoms. The lowest BCUT2D eigenvalue weighted by Crippen LogP contribution is -2.20. The average molecular weight is 332 g/mol. The van der Waals surface area contributed by atoms with E-state index in [0.29, 0.717) is 19.6 Å².